The number of ether oxygens (including phenoxy) is 1. The second-order valence-electron chi connectivity index (χ2n) is 4.25. The molecule has 0 saturated heterocycles. The fourth-order valence-electron chi connectivity index (χ4n) is 2.04. The van der Waals surface area contributed by atoms with Gasteiger partial charge < -0.3 is 15.4 Å². The Balaban J connectivity index is 2.34. The van der Waals surface area contributed by atoms with E-state index in [-0.39, 0.29) is 5.91 Å². The van der Waals surface area contributed by atoms with Crippen LogP contribution in [0.2, 0.25) is 0 Å². The number of nitrogens with two attached hydrogens (primary N) is 1. The highest BCUT2D eigenvalue weighted by Gasteiger charge is 2.33. The number of methoxy groups -OCH3 is 1. The molecule has 1 saturated carbocycles. The number of amides is 1. The SMILES string of the molecule is CCN(C(=O)c1c(N)cccc1OC)C1CC1. The van der Waals surface area contributed by atoms with E-state index in [1.165, 1.54) is 0 Å². The van der Waals surface area contributed by atoms with Gasteiger partial charge in [-0.2, -0.15) is 0 Å². The molecule has 0 heterocycles. The molecule has 2 rings (SSSR count). The molecular formula is C13H18N2O2. The lowest BCUT2D eigenvalue weighted by atomic mass is 10.1. The standard InChI is InChI=1S/C13H18N2O2/c1-3-15(9-7-8-9)13(16)12-10(14)5-4-6-11(12)17-2/h4-6,9H,3,7-8,14H2,1-2H3. The summed E-state index contributed by atoms with van der Waals surface area (Å²) in [5.41, 5.74) is 6.85. The number of nitrogens with zero attached hydrogens (tertiary/aromatic N) is 1. The number of rotatable bonds is 4. The maximum absolute atomic E-state index is 12.4. The van der Waals surface area contributed by atoms with Gasteiger partial charge in [-0.1, -0.05) is 6.07 Å². The monoisotopic (exact) mass is 234 g/mol. The first-order valence-corrected chi connectivity index (χ1v) is 5.92. The summed E-state index contributed by atoms with van der Waals surface area (Å²) in [4.78, 5) is 14.3. The number of carbonyl (C=O) groups is 1. The van der Waals surface area contributed by atoms with E-state index in [0.717, 1.165) is 12.8 Å². The molecule has 0 bridgehead atoms. The van der Waals surface area contributed by atoms with Crippen LogP contribution in [0.1, 0.15) is 30.1 Å². The van der Waals surface area contributed by atoms with E-state index < -0.39 is 0 Å². The van der Waals surface area contributed by atoms with Gasteiger partial charge in [-0.05, 0) is 31.9 Å². The first-order chi connectivity index (χ1) is 8.19. The van der Waals surface area contributed by atoms with Crippen LogP contribution in [0.3, 0.4) is 0 Å². The Bertz CT molecular complexity index is 427. The molecule has 1 aliphatic rings. The molecule has 17 heavy (non-hydrogen) atoms. The minimum atomic E-state index is -0.0232. The number of hydrogen-bond acceptors (Lipinski definition) is 3. The predicted octanol–water partition coefficient (Wildman–Crippen LogP) is 1.90. The third-order valence-corrected chi connectivity index (χ3v) is 3.08. The Labute approximate surface area is 101 Å². The van der Waals surface area contributed by atoms with Crippen molar-refractivity contribution in [2.75, 3.05) is 19.4 Å². The Morgan fingerprint density at radius 2 is 2.24 bits per heavy atom. The van der Waals surface area contributed by atoms with E-state index >= 15 is 0 Å². The third-order valence-electron chi connectivity index (χ3n) is 3.08. The summed E-state index contributed by atoms with van der Waals surface area (Å²) in [7, 11) is 1.55. The molecule has 1 amide bonds. The number of nitrogen functional groups attached to an aromatic ring is 1. The minimum absolute atomic E-state index is 0.0232. The smallest absolute Gasteiger partial charge is 0.259 e. The quantitative estimate of drug-likeness (QED) is 0.809. The van der Waals surface area contributed by atoms with E-state index in [2.05, 4.69) is 0 Å². The zero-order valence-corrected chi connectivity index (χ0v) is 10.3. The highest BCUT2D eigenvalue weighted by molar-refractivity contribution is 6.02. The molecule has 4 nitrogen and oxygen atoms in total. The first-order valence-electron chi connectivity index (χ1n) is 5.92. The molecule has 0 atom stereocenters. The van der Waals surface area contributed by atoms with Gasteiger partial charge in [0.1, 0.15) is 11.3 Å². The predicted molar refractivity (Wildman–Crippen MR) is 67.1 cm³/mol. The fourth-order valence-corrected chi connectivity index (χ4v) is 2.04. The Kier molecular flexibility index (Phi) is 3.22. The van der Waals surface area contributed by atoms with Gasteiger partial charge in [-0.15, -0.1) is 0 Å². The maximum Gasteiger partial charge on any atom is 0.259 e. The van der Waals surface area contributed by atoms with Crippen LogP contribution in [0.15, 0.2) is 18.2 Å². The lowest BCUT2D eigenvalue weighted by Crippen LogP contribution is -2.33. The molecule has 1 aromatic carbocycles. The molecule has 0 radical (unpaired) electrons. The van der Waals surface area contributed by atoms with Crippen molar-refractivity contribution in [3.05, 3.63) is 23.8 Å². The van der Waals surface area contributed by atoms with Gasteiger partial charge in [0.25, 0.3) is 5.91 Å². The number of carbonyl (C=O) groups excluding carboxylic acids is 1. The highest BCUT2D eigenvalue weighted by Crippen LogP contribution is 2.32. The van der Waals surface area contributed by atoms with E-state index in [4.69, 9.17) is 10.5 Å². The Hall–Kier alpha value is -1.71. The van der Waals surface area contributed by atoms with Gasteiger partial charge >= 0.3 is 0 Å². The van der Waals surface area contributed by atoms with Crippen molar-refractivity contribution in [1.29, 1.82) is 0 Å². The second kappa shape index (κ2) is 4.65. The largest absolute Gasteiger partial charge is 0.496 e. The van der Waals surface area contributed by atoms with E-state index in [9.17, 15) is 4.79 Å². The zero-order valence-electron chi connectivity index (χ0n) is 10.3. The summed E-state index contributed by atoms with van der Waals surface area (Å²) < 4.78 is 5.21. The van der Waals surface area contributed by atoms with E-state index in [1.54, 1.807) is 25.3 Å². The van der Waals surface area contributed by atoms with Crippen LogP contribution in [-0.2, 0) is 0 Å². The molecule has 1 aromatic rings. The highest BCUT2D eigenvalue weighted by atomic mass is 16.5. The van der Waals surface area contributed by atoms with Crippen LogP contribution in [0.4, 0.5) is 5.69 Å². The van der Waals surface area contributed by atoms with Crippen LogP contribution in [0.5, 0.6) is 5.75 Å². The molecule has 0 unspecified atom stereocenters. The van der Waals surface area contributed by atoms with Gasteiger partial charge in [0.15, 0.2) is 0 Å². The Morgan fingerprint density at radius 1 is 1.53 bits per heavy atom. The van der Waals surface area contributed by atoms with Crippen molar-refractivity contribution in [2.24, 2.45) is 0 Å². The van der Waals surface area contributed by atoms with Gasteiger partial charge in [0.05, 0.1) is 7.11 Å². The molecule has 0 aromatic heterocycles. The molecular weight excluding hydrogens is 216 g/mol. The molecule has 92 valence electrons. The summed E-state index contributed by atoms with van der Waals surface area (Å²) >= 11 is 0. The average Bonchev–Trinajstić information content (AvgIpc) is 3.13. The van der Waals surface area contributed by atoms with Crippen molar-refractivity contribution in [1.82, 2.24) is 4.90 Å². The first kappa shape index (κ1) is 11.8. The van der Waals surface area contributed by atoms with Gasteiger partial charge in [-0.3, -0.25) is 4.79 Å². The third kappa shape index (κ3) is 2.20. The Morgan fingerprint density at radius 3 is 2.76 bits per heavy atom. The van der Waals surface area contributed by atoms with E-state index in [1.807, 2.05) is 11.8 Å². The molecule has 4 heteroatoms. The van der Waals surface area contributed by atoms with Gasteiger partial charge in [-0.25, -0.2) is 0 Å². The average molecular weight is 234 g/mol. The van der Waals surface area contributed by atoms with Crippen LogP contribution < -0.4 is 10.5 Å². The molecule has 0 spiro atoms. The van der Waals surface area contributed by atoms with Crippen molar-refractivity contribution in [2.45, 2.75) is 25.8 Å². The molecule has 1 fully saturated rings. The topological polar surface area (TPSA) is 55.6 Å². The normalized spacial score (nSPS) is 14.5. The van der Waals surface area contributed by atoms with Gasteiger partial charge in [0, 0.05) is 18.3 Å². The number of benzene rings is 1. The summed E-state index contributed by atoms with van der Waals surface area (Å²) in [6.07, 6.45) is 2.18. The number of hydrogen-bond donors (Lipinski definition) is 1. The van der Waals surface area contributed by atoms with E-state index in [0.29, 0.717) is 29.6 Å². The molecule has 0 aliphatic heterocycles. The summed E-state index contributed by atoms with van der Waals surface area (Å²) in [5.74, 6) is 0.527. The van der Waals surface area contributed by atoms with Gasteiger partial charge in [0.2, 0.25) is 0 Å². The van der Waals surface area contributed by atoms with Crippen LogP contribution >= 0.6 is 0 Å². The minimum Gasteiger partial charge on any atom is -0.496 e. The number of anilines is 1. The van der Waals surface area contributed by atoms with Crippen LogP contribution in [0.25, 0.3) is 0 Å². The maximum atomic E-state index is 12.4. The summed E-state index contributed by atoms with van der Waals surface area (Å²) in [5, 5.41) is 0. The molecule has 2 N–H and O–H groups in total. The lowest BCUT2D eigenvalue weighted by Gasteiger charge is -2.22. The van der Waals surface area contributed by atoms with Crippen LogP contribution in [-0.4, -0.2) is 30.5 Å². The fraction of sp³-hybridized carbons (Fsp3) is 0.462. The second-order valence-corrected chi connectivity index (χ2v) is 4.25. The van der Waals surface area contributed by atoms with Crippen molar-refractivity contribution < 1.29 is 9.53 Å². The van der Waals surface area contributed by atoms with Crippen LogP contribution in [0, 0.1) is 0 Å². The molecule has 1 aliphatic carbocycles. The van der Waals surface area contributed by atoms with Crippen molar-refractivity contribution in [3.63, 3.8) is 0 Å². The van der Waals surface area contributed by atoms with Crippen molar-refractivity contribution in [3.8, 4) is 5.75 Å². The summed E-state index contributed by atoms with van der Waals surface area (Å²) in [6.45, 7) is 2.70. The zero-order chi connectivity index (χ0) is 12.4. The van der Waals surface area contributed by atoms with Crippen molar-refractivity contribution >= 4 is 11.6 Å². The lowest BCUT2D eigenvalue weighted by molar-refractivity contribution is 0.0750. The summed E-state index contributed by atoms with van der Waals surface area (Å²) in [6, 6.07) is 5.68.